The van der Waals surface area contributed by atoms with Gasteiger partial charge in [-0.25, -0.2) is 19.3 Å². The number of nitrogens with zero attached hydrogens (tertiary/aromatic N) is 5. The smallest absolute Gasteiger partial charge is 0.278 e. The largest absolute Gasteiger partial charge is 0.384 e. The van der Waals surface area contributed by atoms with Gasteiger partial charge in [-0.1, -0.05) is 18.2 Å². The van der Waals surface area contributed by atoms with E-state index in [2.05, 4.69) is 39.3 Å². The number of benzene rings is 1. The van der Waals surface area contributed by atoms with Gasteiger partial charge in [0.05, 0.1) is 12.2 Å². The van der Waals surface area contributed by atoms with Crippen LogP contribution in [0.3, 0.4) is 0 Å². The second-order valence-corrected chi connectivity index (χ2v) is 9.72. The van der Waals surface area contributed by atoms with Gasteiger partial charge in [-0.2, -0.15) is 4.98 Å². The number of nitrogens with one attached hydrogen (secondary N) is 2. The minimum absolute atomic E-state index is 0.233. The van der Waals surface area contributed by atoms with Crippen LogP contribution in [0.2, 0.25) is 0 Å². The number of fused-ring (bicyclic) bond motifs is 6. The molecule has 9 heteroatoms. The molecule has 0 radical (unpaired) electrons. The summed E-state index contributed by atoms with van der Waals surface area (Å²) in [6.45, 7) is 8.43. The van der Waals surface area contributed by atoms with Gasteiger partial charge in [0.15, 0.2) is 11.5 Å². The molecule has 4 heterocycles. The molecule has 2 bridgehead atoms. The molecule has 2 aliphatic rings. The molecule has 4 aromatic rings. The molecule has 9 nitrogen and oxygen atoms in total. The quantitative estimate of drug-likeness (QED) is 0.372. The third-order valence-electron chi connectivity index (χ3n) is 6.84. The minimum Gasteiger partial charge on any atom is -0.384 e. The summed E-state index contributed by atoms with van der Waals surface area (Å²) in [5.41, 5.74) is 3.22. The summed E-state index contributed by atoms with van der Waals surface area (Å²) in [5, 5.41) is 17.7. The Morgan fingerprint density at radius 1 is 1.26 bits per heavy atom. The van der Waals surface area contributed by atoms with Gasteiger partial charge in [0.2, 0.25) is 5.95 Å². The highest BCUT2D eigenvalue weighted by molar-refractivity contribution is 5.77. The zero-order valence-corrected chi connectivity index (χ0v) is 19.7. The summed E-state index contributed by atoms with van der Waals surface area (Å²) in [6.07, 6.45) is 4.35. The lowest BCUT2D eigenvalue weighted by Gasteiger charge is -2.18. The molecule has 0 amide bonds. The topological polar surface area (TPSA) is 110 Å². The van der Waals surface area contributed by atoms with Crippen molar-refractivity contribution >= 4 is 22.7 Å². The van der Waals surface area contributed by atoms with Crippen LogP contribution >= 0.6 is 0 Å². The highest BCUT2D eigenvalue weighted by Crippen LogP contribution is 2.45. The fourth-order valence-electron chi connectivity index (χ4n) is 5.15. The van der Waals surface area contributed by atoms with Gasteiger partial charge in [0.25, 0.3) is 5.56 Å². The van der Waals surface area contributed by atoms with Crippen molar-refractivity contribution in [3.8, 4) is 5.82 Å². The van der Waals surface area contributed by atoms with Gasteiger partial charge in [-0.05, 0) is 61.6 Å². The van der Waals surface area contributed by atoms with Gasteiger partial charge in [0.1, 0.15) is 11.0 Å². The van der Waals surface area contributed by atoms with Crippen LogP contribution < -0.4 is 16.2 Å². The van der Waals surface area contributed by atoms with E-state index in [1.54, 1.807) is 49.0 Å². The Labute approximate surface area is 202 Å². The Hall–Kier alpha value is -3.82. The molecule has 1 aromatic carbocycles. The maximum atomic E-state index is 13.2. The number of aromatic nitrogens is 5. The van der Waals surface area contributed by atoms with Crippen molar-refractivity contribution in [2.75, 3.05) is 11.9 Å². The molecule has 0 spiro atoms. The van der Waals surface area contributed by atoms with E-state index < -0.39 is 5.60 Å². The number of hydrogen-bond acceptors (Lipinski definition) is 7. The molecule has 1 saturated heterocycles. The van der Waals surface area contributed by atoms with Crippen LogP contribution in [-0.2, 0) is 12.1 Å². The van der Waals surface area contributed by atoms with E-state index in [0.29, 0.717) is 40.5 Å². The number of anilines is 2. The number of pyridine rings is 1. The number of allylic oxidation sites excluding steroid dienone is 1. The molecule has 3 N–H and O–H groups in total. The third kappa shape index (κ3) is 3.55. The number of hydrogen-bond donors (Lipinski definition) is 3. The lowest BCUT2D eigenvalue weighted by molar-refractivity contribution is 0.0738. The van der Waals surface area contributed by atoms with E-state index in [0.717, 1.165) is 18.7 Å². The van der Waals surface area contributed by atoms with E-state index in [-0.39, 0.29) is 12.1 Å². The first-order valence-electron chi connectivity index (χ1n) is 11.8. The Bertz CT molecular complexity index is 1530. The highest BCUT2D eigenvalue weighted by Gasteiger charge is 2.36. The van der Waals surface area contributed by atoms with Crippen LogP contribution in [0, 0.1) is 0 Å². The van der Waals surface area contributed by atoms with Gasteiger partial charge in [-0.15, -0.1) is 6.58 Å². The third-order valence-corrected chi connectivity index (χ3v) is 6.84. The molecule has 0 saturated carbocycles. The summed E-state index contributed by atoms with van der Waals surface area (Å²) in [4.78, 5) is 26.9. The van der Waals surface area contributed by atoms with Crippen molar-refractivity contribution < 1.29 is 5.11 Å². The average molecular weight is 470 g/mol. The molecule has 3 aromatic heterocycles. The maximum Gasteiger partial charge on any atom is 0.278 e. The molecule has 178 valence electrons. The van der Waals surface area contributed by atoms with Gasteiger partial charge >= 0.3 is 0 Å². The Morgan fingerprint density at radius 2 is 2.11 bits per heavy atom. The average Bonchev–Trinajstić information content (AvgIpc) is 3.52. The van der Waals surface area contributed by atoms with E-state index in [4.69, 9.17) is 4.98 Å². The lowest BCUT2D eigenvalue weighted by Crippen LogP contribution is -2.23. The summed E-state index contributed by atoms with van der Waals surface area (Å²) in [5.74, 6) is 1.42. The predicted molar refractivity (Wildman–Crippen MR) is 134 cm³/mol. The Morgan fingerprint density at radius 3 is 2.91 bits per heavy atom. The highest BCUT2D eigenvalue weighted by atomic mass is 16.3. The van der Waals surface area contributed by atoms with E-state index >= 15 is 0 Å². The standard InChI is InChI=1S/C26H27N7O2/c1-4-10-32-24(34)19-14-28-25(29-16-8-9-17-18(12-16)15-11-20(17)27-13-15)31-23(19)33(32)22-7-5-6-21(30-22)26(2,3)35/h4-9,12,14-15,20,27,35H,1,10-11,13H2,2-3H3,(H,28,29,31). The van der Waals surface area contributed by atoms with E-state index in [9.17, 15) is 9.90 Å². The predicted octanol–water partition coefficient (Wildman–Crippen LogP) is 3.27. The van der Waals surface area contributed by atoms with Crippen molar-refractivity contribution in [3.05, 3.63) is 82.4 Å². The summed E-state index contributed by atoms with van der Waals surface area (Å²) < 4.78 is 3.18. The van der Waals surface area contributed by atoms with Crippen molar-refractivity contribution in [1.82, 2.24) is 29.6 Å². The first kappa shape index (κ1) is 21.7. The number of aliphatic hydroxyl groups is 1. The van der Waals surface area contributed by atoms with Crippen LogP contribution in [0.1, 0.15) is 49.0 Å². The fourth-order valence-corrected chi connectivity index (χ4v) is 5.15. The van der Waals surface area contributed by atoms with Crippen LogP contribution in [0.15, 0.2) is 60.0 Å². The zero-order chi connectivity index (χ0) is 24.3. The number of rotatable bonds is 6. The van der Waals surface area contributed by atoms with Crippen molar-refractivity contribution in [2.45, 2.75) is 44.4 Å². The minimum atomic E-state index is -1.13. The Balaban J connectivity index is 1.45. The maximum absolute atomic E-state index is 13.2. The van der Waals surface area contributed by atoms with Gasteiger partial charge < -0.3 is 15.7 Å². The van der Waals surface area contributed by atoms with Crippen molar-refractivity contribution in [1.29, 1.82) is 0 Å². The zero-order valence-electron chi connectivity index (χ0n) is 19.7. The normalized spacial score (nSPS) is 18.7. The van der Waals surface area contributed by atoms with Crippen LogP contribution in [0.4, 0.5) is 11.6 Å². The lowest BCUT2D eigenvalue weighted by atomic mass is 9.99. The van der Waals surface area contributed by atoms with Crippen LogP contribution in [0.5, 0.6) is 0 Å². The first-order chi connectivity index (χ1) is 16.8. The molecular weight excluding hydrogens is 442 g/mol. The SMILES string of the molecule is C=CCn1c(=O)c2cnc(Nc3ccc4c(c3)C3CNC4C3)nc2n1-c1cccc(C(C)(C)O)n1. The van der Waals surface area contributed by atoms with E-state index in [1.165, 1.54) is 15.8 Å². The van der Waals surface area contributed by atoms with Crippen LogP contribution in [0.25, 0.3) is 16.9 Å². The summed E-state index contributed by atoms with van der Waals surface area (Å²) in [7, 11) is 0. The second-order valence-electron chi connectivity index (χ2n) is 9.72. The molecule has 1 aliphatic carbocycles. The molecule has 6 rings (SSSR count). The molecule has 2 atom stereocenters. The molecule has 1 fully saturated rings. The molecular formula is C26H27N7O2. The van der Waals surface area contributed by atoms with Gasteiger partial charge in [0, 0.05) is 24.5 Å². The Kier molecular flexibility index (Phi) is 4.87. The molecule has 35 heavy (non-hydrogen) atoms. The summed E-state index contributed by atoms with van der Waals surface area (Å²) in [6, 6.07) is 12.2. The van der Waals surface area contributed by atoms with Crippen molar-refractivity contribution in [2.24, 2.45) is 0 Å². The second kappa shape index (κ2) is 7.86. The van der Waals surface area contributed by atoms with Gasteiger partial charge in [-0.3, -0.25) is 4.79 Å². The van der Waals surface area contributed by atoms with Crippen LogP contribution in [-0.4, -0.2) is 36.0 Å². The molecule has 2 unspecified atom stereocenters. The summed E-state index contributed by atoms with van der Waals surface area (Å²) >= 11 is 0. The molecule has 1 aliphatic heterocycles. The van der Waals surface area contributed by atoms with Crippen molar-refractivity contribution in [3.63, 3.8) is 0 Å². The van der Waals surface area contributed by atoms with E-state index in [1.807, 2.05) is 6.07 Å². The first-order valence-corrected chi connectivity index (χ1v) is 11.8. The monoisotopic (exact) mass is 469 g/mol. The fraction of sp³-hybridized carbons (Fsp3) is 0.308.